The first-order valence-corrected chi connectivity index (χ1v) is 8.54. The Kier molecular flexibility index (Phi) is 4.86. The van der Waals surface area contributed by atoms with Gasteiger partial charge in [-0.15, -0.1) is 11.3 Å². The van der Waals surface area contributed by atoms with E-state index in [0.29, 0.717) is 6.54 Å². The fourth-order valence-corrected chi connectivity index (χ4v) is 3.71. The van der Waals surface area contributed by atoms with Crippen molar-refractivity contribution in [1.82, 2.24) is 9.88 Å². The van der Waals surface area contributed by atoms with Crippen molar-refractivity contribution >= 4 is 11.3 Å². The Morgan fingerprint density at radius 2 is 2.32 bits per heavy atom. The number of nitrogens with zero attached hydrogens (tertiary/aromatic N) is 2. The molecule has 22 heavy (non-hydrogen) atoms. The third-order valence-corrected chi connectivity index (χ3v) is 5.07. The van der Waals surface area contributed by atoms with Gasteiger partial charge >= 0.3 is 0 Å². The van der Waals surface area contributed by atoms with E-state index in [-0.39, 0.29) is 17.8 Å². The Hall–Kier alpha value is -1.30. The number of halogens is 1. The zero-order valence-corrected chi connectivity index (χ0v) is 13.5. The van der Waals surface area contributed by atoms with Gasteiger partial charge in [0.1, 0.15) is 5.82 Å². The maximum atomic E-state index is 13.2. The van der Waals surface area contributed by atoms with Crippen LogP contribution in [-0.4, -0.2) is 34.2 Å². The molecule has 1 aromatic carbocycles. The molecule has 0 bridgehead atoms. The van der Waals surface area contributed by atoms with Gasteiger partial charge in [0, 0.05) is 18.5 Å². The topological polar surface area (TPSA) is 36.4 Å². The smallest absolute Gasteiger partial charge is 0.123 e. The lowest BCUT2D eigenvalue weighted by molar-refractivity contribution is 0.0183. The Balaban J connectivity index is 1.55. The van der Waals surface area contributed by atoms with Crippen molar-refractivity contribution in [2.24, 2.45) is 5.92 Å². The second-order valence-electron chi connectivity index (χ2n) is 6.04. The molecule has 1 saturated heterocycles. The predicted molar refractivity (Wildman–Crippen MR) is 86.3 cm³/mol. The summed E-state index contributed by atoms with van der Waals surface area (Å²) < 4.78 is 13.2. The number of piperidine rings is 1. The van der Waals surface area contributed by atoms with E-state index in [1.165, 1.54) is 6.07 Å². The quantitative estimate of drug-likeness (QED) is 0.941. The summed E-state index contributed by atoms with van der Waals surface area (Å²) in [6, 6.07) is 6.69. The first-order valence-electron chi connectivity index (χ1n) is 7.66. The van der Waals surface area contributed by atoms with Crippen LogP contribution in [-0.2, 0) is 13.0 Å². The van der Waals surface area contributed by atoms with Crippen molar-refractivity contribution in [3.63, 3.8) is 0 Å². The molecule has 118 valence electrons. The summed E-state index contributed by atoms with van der Waals surface area (Å²) in [6.07, 6.45) is 1.31. The molecule has 0 saturated carbocycles. The summed E-state index contributed by atoms with van der Waals surface area (Å²) in [7, 11) is 0. The van der Waals surface area contributed by atoms with Crippen LogP contribution in [0.2, 0.25) is 0 Å². The molecule has 0 unspecified atom stereocenters. The molecule has 2 aromatic rings. The number of aliphatic hydroxyl groups excluding tert-OH is 1. The Morgan fingerprint density at radius 3 is 3.00 bits per heavy atom. The number of β-amino-alcohol motifs (C(OH)–C–C–N with tert-alkyl or cyclic N) is 1. The predicted octanol–water partition coefficient (Wildman–Crippen LogP) is 3.02. The minimum atomic E-state index is -0.364. The van der Waals surface area contributed by atoms with Gasteiger partial charge in [0.05, 0.1) is 16.8 Å². The van der Waals surface area contributed by atoms with Crippen LogP contribution in [0.25, 0.3) is 0 Å². The summed E-state index contributed by atoms with van der Waals surface area (Å²) in [5.41, 5.74) is 2.05. The first-order chi connectivity index (χ1) is 10.6. The molecular weight excluding hydrogens is 299 g/mol. The molecule has 1 aliphatic heterocycles. The molecule has 0 radical (unpaired) electrons. The number of benzene rings is 1. The normalized spacial score (nSPS) is 22.9. The highest BCUT2D eigenvalue weighted by Gasteiger charge is 2.28. The average Bonchev–Trinajstić information content (AvgIpc) is 2.87. The van der Waals surface area contributed by atoms with E-state index in [4.69, 9.17) is 0 Å². The van der Waals surface area contributed by atoms with Gasteiger partial charge in [0.25, 0.3) is 0 Å². The molecule has 5 heteroatoms. The third-order valence-electron chi connectivity index (χ3n) is 4.24. The van der Waals surface area contributed by atoms with Crippen LogP contribution in [0, 0.1) is 18.7 Å². The fourth-order valence-electron chi connectivity index (χ4n) is 3.10. The van der Waals surface area contributed by atoms with E-state index in [0.717, 1.165) is 42.2 Å². The van der Waals surface area contributed by atoms with Gasteiger partial charge in [0.2, 0.25) is 0 Å². The number of rotatable bonds is 4. The molecule has 1 aliphatic rings. The van der Waals surface area contributed by atoms with E-state index >= 15 is 0 Å². The summed E-state index contributed by atoms with van der Waals surface area (Å²) >= 11 is 1.66. The van der Waals surface area contributed by atoms with Gasteiger partial charge in [-0.05, 0) is 49.9 Å². The fraction of sp³-hybridized carbons (Fsp3) is 0.471. The minimum Gasteiger partial charge on any atom is -0.391 e. The van der Waals surface area contributed by atoms with Crippen molar-refractivity contribution in [2.75, 3.05) is 13.1 Å². The van der Waals surface area contributed by atoms with E-state index in [2.05, 4.69) is 15.3 Å². The molecule has 0 aliphatic carbocycles. The standard InChI is InChI=1S/C17H21FN2OS/c1-12-19-16(11-22-12)9-20-6-5-14(17(21)10-20)7-13-3-2-4-15(18)8-13/h2-4,8,11,14,17,21H,5-7,9-10H2,1H3/t14-,17-/m1/s1. The highest BCUT2D eigenvalue weighted by Crippen LogP contribution is 2.24. The van der Waals surface area contributed by atoms with Gasteiger partial charge in [0.15, 0.2) is 0 Å². The van der Waals surface area contributed by atoms with Crippen LogP contribution in [0.5, 0.6) is 0 Å². The molecule has 1 fully saturated rings. The molecule has 3 rings (SSSR count). The van der Waals surface area contributed by atoms with Crippen molar-refractivity contribution in [3.8, 4) is 0 Å². The molecule has 1 N–H and O–H groups in total. The van der Waals surface area contributed by atoms with E-state index in [9.17, 15) is 9.50 Å². The monoisotopic (exact) mass is 320 g/mol. The summed E-state index contributed by atoms with van der Waals surface area (Å²) in [4.78, 5) is 6.73. The molecule has 2 atom stereocenters. The molecule has 2 heterocycles. The third kappa shape index (κ3) is 3.91. The highest BCUT2D eigenvalue weighted by atomic mass is 32.1. The van der Waals surface area contributed by atoms with Gasteiger partial charge in [-0.1, -0.05) is 12.1 Å². The highest BCUT2D eigenvalue weighted by molar-refractivity contribution is 7.09. The second-order valence-corrected chi connectivity index (χ2v) is 7.11. The van der Waals surface area contributed by atoms with Crippen molar-refractivity contribution in [2.45, 2.75) is 32.4 Å². The lowest BCUT2D eigenvalue weighted by Crippen LogP contribution is -2.44. The van der Waals surface area contributed by atoms with Crippen molar-refractivity contribution in [1.29, 1.82) is 0 Å². The second kappa shape index (κ2) is 6.86. The van der Waals surface area contributed by atoms with Gasteiger partial charge < -0.3 is 5.11 Å². The number of hydrogen-bond acceptors (Lipinski definition) is 4. The van der Waals surface area contributed by atoms with Crippen molar-refractivity contribution in [3.05, 3.63) is 51.7 Å². The van der Waals surface area contributed by atoms with Crippen LogP contribution >= 0.6 is 11.3 Å². The van der Waals surface area contributed by atoms with E-state index in [1.807, 2.05) is 13.0 Å². The summed E-state index contributed by atoms with van der Waals surface area (Å²) in [5, 5.41) is 13.6. The molecule has 3 nitrogen and oxygen atoms in total. The summed E-state index contributed by atoms with van der Waals surface area (Å²) in [6.45, 7) is 4.42. The zero-order valence-electron chi connectivity index (χ0n) is 12.7. The van der Waals surface area contributed by atoms with Crippen LogP contribution in [0.15, 0.2) is 29.6 Å². The van der Waals surface area contributed by atoms with E-state index < -0.39 is 0 Å². The van der Waals surface area contributed by atoms with Gasteiger partial charge in [-0.2, -0.15) is 0 Å². The Labute approximate surface area is 134 Å². The largest absolute Gasteiger partial charge is 0.391 e. The Morgan fingerprint density at radius 1 is 1.45 bits per heavy atom. The van der Waals surface area contributed by atoms with Crippen molar-refractivity contribution < 1.29 is 9.50 Å². The van der Waals surface area contributed by atoms with Crippen LogP contribution < -0.4 is 0 Å². The Bertz CT molecular complexity index is 631. The maximum absolute atomic E-state index is 13.2. The molecule has 1 aromatic heterocycles. The summed E-state index contributed by atoms with van der Waals surface area (Å²) in [5.74, 6) is -0.00134. The number of likely N-dealkylation sites (tertiary alicyclic amines) is 1. The number of thiazole rings is 1. The van der Waals surface area contributed by atoms with Crippen LogP contribution in [0.1, 0.15) is 22.7 Å². The number of aliphatic hydroxyl groups is 1. The van der Waals surface area contributed by atoms with Crippen LogP contribution in [0.4, 0.5) is 4.39 Å². The molecule has 0 amide bonds. The molecular formula is C17H21FN2OS. The lowest BCUT2D eigenvalue weighted by Gasteiger charge is -2.35. The number of hydrogen-bond donors (Lipinski definition) is 1. The minimum absolute atomic E-state index is 0.204. The number of aryl methyl sites for hydroxylation is 1. The number of aromatic nitrogens is 1. The van der Waals surface area contributed by atoms with Gasteiger partial charge in [-0.25, -0.2) is 9.37 Å². The van der Waals surface area contributed by atoms with Gasteiger partial charge in [-0.3, -0.25) is 4.90 Å². The lowest BCUT2D eigenvalue weighted by atomic mass is 9.88. The van der Waals surface area contributed by atoms with Crippen LogP contribution in [0.3, 0.4) is 0 Å². The SMILES string of the molecule is Cc1nc(CN2CC[C@H](Cc3cccc(F)c3)[C@H](O)C2)cs1. The zero-order chi connectivity index (χ0) is 15.5. The maximum Gasteiger partial charge on any atom is 0.123 e. The average molecular weight is 320 g/mol. The van der Waals surface area contributed by atoms with E-state index in [1.54, 1.807) is 23.5 Å². The molecule has 0 spiro atoms. The first kappa shape index (κ1) is 15.6.